The van der Waals surface area contributed by atoms with E-state index >= 15 is 0 Å². The van der Waals surface area contributed by atoms with Crippen molar-refractivity contribution in [3.8, 4) is 0 Å². The first-order chi connectivity index (χ1) is 14.9. The molecule has 4 N–H and O–H groups in total. The molecular weight excluding hydrogens is 396 g/mol. The number of aliphatic hydroxyl groups excluding tert-OH is 2. The first-order valence-corrected chi connectivity index (χ1v) is 10.6. The van der Waals surface area contributed by atoms with Gasteiger partial charge in [0.25, 0.3) is 0 Å². The van der Waals surface area contributed by atoms with Crippen molar-refractivity contribution in [2.45, 2.75) is 40.0 Å². The summed E-state index contributed by atoms with van der Waals surface area (Å²) in [6.45, 7) is 6.86. The van der Waals surface area contributed by atoms with Crippen molar-refractivity contribution in [2.75, 3.05) is 13.2 Å². The predicted octanol–water partition coefficient (Wildman–Crippen LogP) is 4.82. The Morgan fingerprint density at radius 1 is 0.645 bits per heavy atom. The van der Waals surface area contributed by atoms with Gasteiger partial charge in [-0.05, 0) is 42.0 Å². The van der Waals surface area contributed by atoms with E-state index in [9.17, 15) is 19.8 Å². The zero-order valence-electron chi connectivity index (χ0n) is 18.6. The maximum absolute atomic E-state index is 10.2. The molecule has 0 aliphatic heterocycles. The Morgan fingerprint density at radius 2 is 0.968 bits per heavy atom. The minimum absolute atomic E-state index is 0.255. The van der Waals surface area contributed by atoms with Gasteiger partial charge in [0.1, 0.15) is 0 Å². The first-order valence-electron chi connectivity index (χ1n) is 10.6. The summed E-state index contributed by atoms with van der Waals surface area (Å²) in [4.78, 5) is 20.4. The van der Waals surface area contributed by atoms with Gasteiger partial charge in [-0.1, -0.05) is 76.4 Å². The van der Waals surface area contributed by atoms with Gasteiger partial charge in [0.05, 0.1) is 11.1 Å². The van der Waals surface area contributed by atoms with Crippen LogP contribution in [-0.4, -0.2) is 45.6 Å². The Hall–Kier alpha value is -2.70. The van der Waals surface area contributed by atoms with Gasteiger partial charge in [-0.3, -0.25) is 0 Å². The lowest BCUT2D eigenvalue weighted by molar-refractivity contribution is 0.0686. The van der Waals surface area contributed by atoms with E-state index in [0.717, 1.165) is 19.3 Å². The van der Waals surface area contributed by atoms with Crippen LogP contribution in [0.5, 0.6) is 0 Å². The molecule has 2 rings (SSSR count). The van der Waals surface area contributed by atoms with Crippen LogP contribution in [0.15, 0.2) is 60.7 Å². The number of benzene rings is 2. The van der Waals surface area contributed by atoms with Crippen LogP contribution in [0.2, 0.25) is 0 Å². The van der Waals surface area contributed by atoms with E-state index < -0.39 is 11.9 Å². The minimum atomic E-state index is -0.879. The second-order valence-corrected chi connectivity index (χ2v) is 7.12. The van der Waals surface area contributed by atoms with E-state index in [1.807, 2.05) is 0 Å². The third kappa shape index (κ3) is 11.3. The molecule has 0 radical (unpaired) electrons. The number of aromatic carboxylic acids is 2. The van der Waals surface area contributed by atoms with Gasteiger partial charge < -0.3 is 20.4 Å². The topological polar surface area (TPSA) is 115 Å². The molecule has 2 aromatic carbocycles. The van der Waals surface area contributed by atoms with Crippen molar-refractivity contribution in [3.05, 3.63) is 71.8 Å². The summed E-state index contributed by atoms with van der Waals surface area (Å²) in [6, 6.07) is 16.6. The van der Waals surface area contributed by atoms with Gasteiger partial charge in [-0.15, -0.1) is 0 Å². The van der Waals surface area contributed by atoms with Crippen molar-refractivity contribution in [1.29, 1.82) is 0 Å². The molecule has 0 spiro atoms. The Balaban J connectivity index is 0.000000445. The highest BCUT2D eigenvalue weighted by atomic mass is 16.4. The molecule has 0 fully saturated rings. The maximum Gasteiger partial charge on any atom is 0.335 e. The molecule has 2 atom stereocenters. The van der Waals surface area contributed by atoms with E-state index in [-0.39, 0.29) is 13.2 Å². The summed E-state index contributed by atoms with van der Waals surface area (Å²) in [5.74, 6) is -0.555. The van der Waals surface area contributed by atoms with Crippen LogP contribution < -0.4 is 0 Å². The zero-order valence-corrected chi connectivity index (χ0v) is 18.6. The van der Waals surface area contributed by atoms with E-state index in [1.54, 1.807) is 60.7 Å². The molecule has 2 unspecified atom stereocenters. The maximum atomic E-state index is 10.2. The van der Waals surface area contributed by atoms with E-state index in [1.165, 1.54) is 0 Å². The molecule has 31 heavy (non-hydrogen) atoms. The average molecular weight is 433 g/mol. The molecule has 0 bridgehead atoms. The lowest BCUT2D eigenvalue weighted by Crippen LogP contribution is -2.27. The lowest BCUT2D eigenvalue weighted by atomic mass is 9.78. The molecule has 2 aromatic rings. The third-order valence-electron chi connectivity index (χ3n) is 5.24. The van der Waals surface area contributed by atoms with Gasteiger partial charge in [0.15, 0.2) is 0 Å². The molecule has 0 saturated heterocycles. The number of carbonyl (C=O) groups is 2. The summed E-state index contributed by atoms with van der Waals surface area (Å²) in [6.07, 6.45) is 3.06. The quantitative estimate of drug-likeness (QED) is 0.452. The monoisotopic (exact) mass is 432 g/mol. The minimum Gasteiger partial charge on any atom is -0.478 e. The van der Waals surface area contributed by atoms with E-state index in [0.29, 0.717) is 28.9 Å². The van der Waals surface area contributed by atoms with Crippen LogP contribution in [0.4, 0.5) is 0 Å². The van der Waals surface area contributed by atoms with Gasteiger partial charge >= 0.3 is 11.9 Å². The van der Waals surface area contributed by atoms with Crippen LogP contribution in [0.3, 0.4) is 0 Å². The summed E-state index contributed by atoms with van der Waals surface area (Å²) in [5, 5.41) is 35.1. The van der Waals surface area contributed by atoms with Crippen LogP contribution in [-0.2, 0) is 0 Å². The highest BCUT2D eigenvalue weighted by Gasteiger charge is 2.24. The number of rotatable bonds is 9. The van der Waals surface area contributed by atoms with Crippen LogP contribution in [0, 0.1) is 17.8 Å². The fourth-order valence-electron chi connectivity index (χ4n) is 3.35. The Morgan fingerprint density at radius 3 is 1.13 bits per heavy atom. The summed E-state index contributed by atoms with van der Waals surface area (Å²) < 4.78 is 0. The van der Waals surface area contributed by atoms with Crippen molar-refractivity contribution in [1.82, 2.24) is 0 Å². The van der Waals surface area contributed by atoms with Gasteiger partial charge in [0.2, 0.25) is 0 Å². The van der Waals surface area contributed by atoms with Crippen LogP contribution in [0.25, 0.3) is 0 Å². The second kappa shape index (κ2) is 17.0. The Labute approximate surface area is 185 Å². The summed E-state index contributed by atoms with van der Waals surface area (Å²) in [7, 11) is 0. The normalized spacial score (nSPS) is 12.8. The molecule has 0 saturated carbocycles. The summed E-state index contributed by atoms with van der Waals surface area (Å²) in [5.41, 5.74) is 0.662. The SMILES string of the molecule is CCC(CO)C(CC)C(CC)CO.O=C(O)c1ccccc1.O=C(O)c1ccccc1. The fraction of sp³-hybridized carbons (Fsp3) is 0.440. The molecule has 0 amide bonds. The Bertz CT molecular complexity index is 648. The van der Waals surface area contributed by atoms with Gasteiger partial charge in [-0.25, -0.2) is 9.59 Å². The highest BCUT2D eigenvalue weighted by Crippen LogP contribution is 2.28. The molecule has 0 aliphatic rings. The highest BCUT2D eigenvalue weighted by molar-refractivity contribution is 5.87. The molecule has 0 heterocycles. The Kier molecular flexibility index (Phi) is 15.5. The number of carboxylic acids is 2. The van der Waals surface area contributed by atoms with E-state index in [2.05, 4.69) is 20.8 Å². The van der Waals surface area contributed by atoms with Crippen molar-refractivity contribution >= 4 is 11.9 Å². The first kappa shape index (κ1) is 28.3. The molecular formula is C25H36O6. The van der Waals surface area contributed by atoms with Crippen LogP contribution in [0.1, 0.15) is 60.7 Å². The molecule has 6 nitrogen and oxygen atoms in total. The predicted molar refractivity (Wildman–Crippen MR) is 122 cm³/mol. The third-order valence-corrected chi connectivity index (χ3v) is 5.24. The molecule has 0 aromatic heterocycles. The molecule has 6 heteroatoms. The largest absolute Gasteiger partial charge is 0.478 e. The number of hydrogen-bond donors (Lipinski definition) is 4. The smallest absolute Gasteiger partial charge is 0.335 e. The average Bonchev–Trinajstić information content (AvgIpc) is 2.81. The second-order valence-electron chi connectivity index (χ2n) is 7.12. The summed E-state index contributed by atoms with van der Waals surface area (Å²) >= 11 is 0. The van der Waals surface area contributed by atoms with Gasteiger partial charge in [-0.2, -0.15) is 0 Å². The lowest BCUT2D eigenvalue weighted by Gasteiger charge is -2.29. The zero-order chi connectivity index (χ0) is 23.6. The van der Waals surface area contributed by atoms with Gasteiger partial charge in [0, 0.05) is 13.2 Å². The number of hydrogen-bond acceptors (Lipinski definition) is 4. The van der Waals surface area contributed by atoms with Crippen LogP contribution >= 0.6 is 0 Å². The molecule has 172 valence electrons. The van der Waals surface area contributed by atoms with Crippen molar-refractivity contribution in [2.24, 2.45) is 17.8 Å². The molecule has 0 aliphatic carbocycles. The number of carboxylic acid groups (broad SMARTS) is 2. The van der Waals surface area contributed by atoms with Crippen molar-refractivity contribution < 1.29 is 30.0 Å². The van der Waals surface area contributed by atoms with E-state index in [4.69, 9.17) is 10.2 Å². The standard InChI is InChI=1S/C11H24O2.2C7H6O2/c1-4-9(7-12)11(6-3)10(5-2)8-13;2*8-7(9)6-4-2-1-3-5-6/h9-13H,4-8H2,1-3H3;2*1-5H,(H,8,9). The van der Waals surface area contributed by atoms with Crippen molar-refractivity contribution in [3.63, 3.8) is 0 Å². The number of aliphatic hydroxyl groups is 2. The fourth-order valence-corrected chi connectivity index (χ4v) is 3.35.